The molecule has 1 atom stereocenters. The van der Waals surface area contributed by atoms with Crippen LogP contribution >= 0.6 is 11.3 Å². The van der Waals surface area contributed by atoms with Gasteiger partial charge in [-0.15, -0.1) is 11.3 Å². The van der Waals surface area contributed by atoms with Crippen LogP contribution in [-0.4, -0.2) is 22.5 Å². The van der Waals surface area contributed by atoms with Gasteiger partial charge in [0.25, 0.3) is 10.0 Å². The van der Waals surface area contributed by atoms with Gasteiger partial charge in [0, 0.05) is 16.5 Å². The van der Waals surface area contributed by atoms with E-state index >= 15 is 0 Å². The second kappa shape index (κ2) is 6.11. The van der Waals surface area contributed by atoms with Crippen LogP contribution in [0.3, 0.4) is 0 Å². The predicted octanol–water partition coefficient (Wildman–Crippen LogP) is 3.42. The van der Waals surface area contributed by atoms with Crippen LogP contribution in [0.25, 0.3) is 11.0 Å². The van der Waals surface area contributed by atoms with Gasteiger partial charge in [0.2, 0.25) is 0 Å². The Hall–Kier alpha value is -2.48. The fourth-order valence-corrected chi connectivity index (χ4v) is 5.01. The van der Waals surface area contributed by atoms with E-state index in [4.69, 9.17) is 0 Å². The van der Waals surface area contributed by atoms with Gasteiger partial charge < -0.3 is 5.11 Å². The highest BCUT2D eigenvalue weighted by atomic mass is 32.2. The van der Waals surface area contributed by atoms with E-state index in [0.29, 0.717) is 15.9 Å². The first-order chi connectivity index (χ1) is 12.1. The molecule has 4 rings (SSSR count). The van der Waals surface area contributed by atoms with Gasteiger partial charge in [-0.3, -0.25) is 0 Å². The molecule has 0 radical (unpaired) electrons. The van der Waals surface area contributed by atoms with Gasteiger partial charge in [0.05, 0.1) is 10.6 Å². The molecule has 1 aromatic carbocycles. The Morgan fingerprint density at radius 1 is 1.04 bits per heavy atom. The van der Waals surface area contributed by atoms with Crippen LogP contribution in [-0.2, 0) is 10.0 Å². The first-order valence-corrected chi connectivity index (χ1v) is 9.89. The van der Waals surface area contributed by atoms with Crippen LogP contribution < -0.4 is 0 Å². The highest BCUT2D eigenvalue weighted by Gasteiger charge is 2.28. The lowest BCUT2D eigenvalue weighted by molar-refractivity contribution is 0.218. The van der Waals surface area contributed by atoms with E-state index in [2.05, 4.69) is 4.98 Å². The van der Waals surface area contributed by atoms with Crippen LogP contribution in [0.2, 0.25) is 0 Å². The van der Waals surface area contributed by atoms with Crippen molar-refractivity contribution in [3.63, 3.8) is 0 Å². The Morgan fingerprint density at radius 3 is 2.56 bits per heavy atom. The summed E-state index contributed by atoms with van der Waals surface area (Å²) in [4.78, 5) is 5.06. The number of hydrogen-bond donors (Lipinski definition) is 1. The number of thiophene rings is 1. The molecule has 3 aromatic heterocycles. The van der Waals surface area contributed by atoms with Gasteiger partial charge in [-0.1, -0.05) is 24.3 Å². The Balaban J connectivity index is 2.01. The predicted molar refractivity (Wildman–Crippen MR) is 97.1 cm³/mol. The molecule has 4 aromatic rings. The summed E-state index contributed by atoms with van der Waals surface area (Å²) in [6.45, 7) is 0. The van der Waals surface area contributed by atoms with Crippen molar-refractivity contribution in [3.05, 3.63) is 82.8 Å². The van der Waals surface area contributed by atoms with Crippen LogP contribution in [0.1, 0.15) is 16.7 Å². The Kier molecular flexibility index (Phi) is 3.91. The molecule has 0 saturated heterocycles. The first-order valence-electron chi connectivity index (χ1n) is 7.57. The zero-order valence-corrected chi connectivity index (χ0v) is 14.6. The minimum absolute atomic E-state index is 0.151. The molecule has 0 spiro atoms. The molecule has 0 amide bonds. The second-order valence-electron chi connectivity index (χ2n) is 5.49. The maximum atomic E-state index is 13.2. The monoisotopic (exact) mass is 370 g/mol. The minimum atomic E-state index is -3.89. The van der Waals surface area contributed by atoms with Crippen molar-refractivity contribution >= 4 is 32.4 Å². The molecule has 7 heteroatoms. The number of benzene rings is 1. The SMILES string of the molecule is O=S(=O)(c1ccccc1)n1c([C@H](O)c2cccs2)cc2cccnc21. The van der Waals surface area contributed by atoms with Crippen molar-refractivity contribution in [1.29, 1.82) is 0 Å². The zero-order valence-electron chi connectivity index (χ0n) is 13.0. The maximum Gasteiger partial charge on any atom is 0.269 e. The van der Waals surface area contributed by atoms with Crippen molar-refractivity contribution < 1.29 is 13.5 Å². The van der Waals surface area contributed by atoms with Gasteiger partial charge in [0.1, 0.15) is 6.10 Å². The van der Waals surface area contributed by atoms with Gasteiger partial charge in [-0.2, -0.15) is 0 Å². The summed E-state index contributed by atoms with van der Waals surface area (Å²) >= 11 is 1.37. The van der Waals surface area contributed by atoms with Gasteiger partial charge in [-0.05, 0) is 41.8 Å². The highest BCUT2D eigenvalue weighted by Crippen LogP contribution is 2.32. The number of pyridine rings is 1. The fourth-order valence-electron chi connectivity index (χ4n) is 2.77. The summed E-state index contributed by atoms with van der Waals surface area (Å²) in [5.74, 6) is 0. The molecule has 5 nitrogen and oxygen atoms in total. The molecule has 1 N–H and O–H groups in total. The van der Waals surface area contributed by atoms with Gasteiger partial charge >= 0.3 is 0 Å². The van der Waals surface area contributed by atoms with Crippen molar-refractivity contribution in [2.45, 2.75) is 11.0 Å². The third-order valence-electron chi connectivity index (χ3n) is 3.92. The quantitative estimate of drug-likeness (QED) is 0.597. The van der Waals surface area contributed by atoms with Crippen LogP contribution in [0, 0.1) is 0 Å². The van der Waals surface area contributed by atoms with Crippen molar-refractivity contribution in [2.75, 3.05) is 0 Å². The van der Waals surface area contributed by atoms with E-state index in [9.17, 15) is 13.5 Å². The van der Waals surface area contributed by atoms with E-state index < -0.39 is 16.1 Å². The molecule has 126 valence electrons. The van der Waals surface area contributed by atoms with Crippen molar-refractivity contribution in [3.8, 4) is 0 Å². The summed E-state index contributed by atoms with van der Waals surface area (Å²) in [5.41, 5.74) is 0.581. The highest BCUT2D eigenvalue weighted by molar-refractivity contribution is 7.90. The van der Waals surface area contributed by atoms with Gasteiger partial charge in [-0.25, -0.2) is 17.4 Å². The van der Waals surface area contributed by atoms with E-state index in [0.717, 1.165) is 3.97 Å². The molecule has 0 bridgehead atoms. The first kappa shape index (κ1) is 16.0. The number of aliphatic hydroxyl groups is 1. The molecule has 0 unspecified atom stereocenters. The molecular formula is C18H14N2O3S2. The van der Waals surface area contributed by atoms with E-state index in [1.165, 1.54) is 23.5 Å². The number of fused-ring (bicyclic) bond motifs is 1. The molecule has 25 heavy (non-hydrogen) atoms. The summed E-state index contributed by atoms with van der Waals surface area (Å²) in [7, 11) is -3.89. The lowest BCUT2D eigenvalue weighted by Gasteiger charge is -2.14. The Labute approximate surface area is 148 Å². The summed E-state index contributed by atoms with van der Waals surface area (Å²) in [6, 6.07) is 17.0. The molecule has 0 saturated carbocycles. The van der Waals surface area contributed by atoms with E-state index in [1.54, 1.807) is 48.7 Å². The molecule has 0 aliphatic rings. The third-order valence-corrected chi connectivity index (χ3v) is 6.58. The minimum Gasteiger partial charge on any atom is -0.381 e. The van der Waals surface area contributed by atoms with Crippen molar-refractivity contribution in [2.24, 2.45) is 0 Å². The molecule has 0 aliphatic heterocycles. The molecule has 0 aliphatic carbocycles. The normalized spacial score (nSPS) is 13.2. The summed E-state index contributed by atoms with van der Waals surface area (Å²) in [6.07, 6.45) is 0.494. The number of aliphatic hydroxyl groups excluding tert-OH is 1. The number of aromatic nitrogens is 2. The number of rotatable bonds is 4. The fraction of sp³-hybridized carbons (Fsp3) is 0.0556. The summed E-state index contributed by atoms with van der Waals surface area (Å²) < 4.78 is 27.6. The van der Waals surface area contributed by atoms with Crippen LogP contribution in [0.15, 0.2) is 77.1 Å². The lowest BCUT2D eigenvalue weighted by Crippen LogP contribution is -2.18. The Morgan fingerprint density at radius 2 is 1.84 bits per heavy atom. The van der Waals surface area contributed by atoms with E-state index in [-0.39, 0.29) is 10.6 Å². The smallest absolute Gasteiger partial charge is 0.269 e. The topological polar surface area (TPSA) is 72.2 Å². The molecule has 3 heterocycles. The number of hydrogen-bond acceptors (Lipinski definition) is 5. The average Bonchev–Trinajstić information content (AvgIpc) is 3.29. The second-order valence-corrected chi connectivity index (χ2v) is 8.25. The number of nitrogens with zero attached hydrogens (tertiary/aromatic N) is 2. The van der Waals surface area contributed by atoms with E-state index in [1.807, 2.05) is 11.4 Å². The van der Waals surface area contributed by atoms with Gasteiger partial charge in [0.15, 0.2) is 5.65 Å². The standard InChI is InChI=1S/C18H14N2O3S2/c21-17(16-9-5-11-24-16)15-12-13-6-4-10-19-18(13)20(15)25(22,23)14-7-2-1-3-8-14/h1-12,17,21H/t17-/m0/s1. The largest absolute Gasteiger partial charge is 0.381 e. The zero-order chi connectivity index (χ0) is 17.4. The van der Waals surface area contributed by atoms with Crippen LogP contribution in [0.5, 0.6) is 0 Å². The average molecular weight is 370 g/mol. The maximum absolute atomic E-state index is 13.2. The van der Waals surface area contributed by atoms with Crippen LogP contribution in [0.4, 0.5) is 0 Å². The Bertz CT molecular complexity index is 1120. The summed E-state index contributed by atoms with van der Waals surface area (Å²) in [5, 5.41) is 13.3. The molecule has 0 fully saturated rings. The molecular weight excluding hydrogens is 356 g/mol. The third kappa shape index (κ3) is 2.66. The van der Waals surface area contributed by atoms with Crippen molar-refractivity contribution in [1.82, 2.24) is 8.96 Å². The lowest BCUT2D eigenvalue weighted by atomic mass is 10.2.